The van der Waals surface area contributed by atoms with Crippen LogP contribution in [0.1, 0.15) is 11.3 Å². The van der Waals surface area contributed by atoms with Crippen LogP contribution in [0.2, 0.25) is 0 Å². The smallest absolute Gasteiger partial charge is 0.230 e. The Balaban J connectivity index is 1.51. The zero-order valence-electron chi connectivity index (χ0n) is 16.3. The summed E-state index contributed by atoms with van der Waals surface area (Å²) in [5, 5.41) is 3.07. The summed E-state index contributed by atoms with van der Waals surface area (Å²) in [5.74, 6) is 1.59. The van der Waals surface area contributed by atoms with Crippen LogP contribution in [0, 0.1) is 5.41 Å². The van der Waals surface area contributed by atoms with Gasteiger partial charge < -0.3 is 15.0 Å². The predicted molar refractivity (Wildman–Crippen MR) is 109 cm³/mol. The minimum atomic E-state index is -0.543. The maximum absolute atomic E-state index is 13.2. The molecule has 7 heteroatoms. The topological polar surface area (TPSA) is 80.2 Å². The molecule has 1 aliphatic rings. The second-order valence-electron chi connectivity index (χ2n) is 7.23. The first-order valence-corrected chi connectivity index (χ1v) is 9.51. The van der Waals surface area contributed by atoms with Crippen molar-refractivity contribution in [3.05, 3.63) is 78.5 Å². The van der Waals surface area contributed by atoms with Gasteiger partial charge in [0, 0.05) is 31.7 Å². The van der Waals surface area contributed by atoms with E-state index in [4.69, 9.17) is 4.74 Å². The van der Waals surface area contributed by atoms with Crippen LogP contribution in [0.3, 0.4) is 0 Å². The van der Waals surface area contributed by atoms with Gasteiger partial charge in [0.1, 0.15) is 11.6 Å². The van der Waals surface area contributed by atoms with E-state index in [1.165, 1.54) is 0 Å². The average molecular weight is 389 g/mol. The predicted octanol–water partition coefficient (Wildman–Crippen LogP) is 2.25. The minimum absolute atomic E-state index is 0.0195. The summed E-state index contributed by atoms with van der Waals surface area (Å²) >= 11 is 0. The summed E-state index contributed by atoms with van der Waals surface area (Å²) < 4.78 is 5.34. The molecule has 0 unspecified atom stereocenters. The quantitative estimate of drug-likeness (QED) is 0.668. The van der Waals surface area contributed by atoms with Crippen LogP contribution in [0.5, 0.6) is 5.75 Å². The third kappa shape index (κ3) is 4.18. The monoisotopic (exact) mass is 389 g/mol. The van der Waals surface area contributed by atoms with Gasteiger partial charge in [-0.05, 0) is 36.2 Å². The Hall–Kier alpha value is -3.48. The van der Waals surface area contributed by atoms with Crippen LogP contribution in [-0.4, -0.2) is 41.1 Å². The summed E-state index contributed by atoms with van der Waals surface area (Å²) in [5.41, 5.74) is 1.36. The van der Waals surface area contributed by atoms with Crippen LogP contribution >= 0.6 is 0 Å². The van der Waals surface area contributed by atoms with E-state index in [1.807, 2.05) is 42.5 Å². The molecule has 1 N–H and O–H groups in total. The van der Waals surface area contributed by atoms with Crippen molar-refractivity contribution in [2.24, 2.45) is 5.41 Å². The molecular formula is C22H23N5O2. The van der Waals surface area contributed by atoms with Gasteiger partial charge in [0.15, 0.2) is 0 Å². The van der Waals surface area contributed by atoms with Gasteiger partial charge in [0.2, 0.25) is 5.91 Å². The lowest BCUT2D eigenvalue weighted by atomic mass is 9.73. The number of hydrogen-bond donors (Lipinski definition) is 1. The highest BCUT2D eigenvalue weighted by molar-refractivity contribution is 5.86. The molecule has 7 nitrogen and oxygen atoms in total. The number of amides is 1. The molecule has 0 saturated carbocycles. The van der Waals surface area contributed by atoms with E-state index in [2.05, 4.69) is 25.2 Å². The maximum Gasteiger partial charge on any atom is 0.230 e. The highest BCUT2D eigenvalue weighted by atomic mass is 16.5. The Bertz CT molecular complexity index is 959. The van der Waals surface area contributed by atoms with Gasteiger partial charge in [0.25, 0.3) is 0 Å². The maximum atomic E-state index is 13.2. The fourth-order valence-corrected chi connectivity index (χ4v) is 3.67. The fraction of sp³-hybridized carbons (Fsp3) is 0.273. The second kappa shape index (κ2) is 8.26. The molecule has 0 bridgehead atoms. The molecule has 3 aromatic rings. The van der Waals surface area contributed by atoms with E-state index >= 15 is 0 Å². The number of ether oxygens (including phenoxy) is 1. The first-order chi connectivity index (χ1) is 14.2. The lowest BCUT2D eigenvalue weighted by Gasteiger charge is -2.49. The molecule has 29 heavy (non-hydrogen) atoms. The first kappa shape index (κ1) is 18.9. The SMILES string of the molecule is COc1cccc(CC2(C(=O)NCc3ccccn3)CN(c3cnccn3)C2)c1. The number of carbonyl (C=O) groups excluding carboxylic acids is 1. The molecule has 1 aliphatic heterocycles. The van der Waals surface area contributed by atoms with E-state index in [0.717, 1.165) is 22.8 Å². The summed E-state index contributed by atoms with van der Waals surface area (Å²) in [4.78, 5) is 28.1. The van der Waals surface area contributed by atoms with Crippen molar-refractivity contribution >= 4 is 11.7 Å². The molecule has 1 amide bonds. The zero-order chi connectivity index (χ0) is 20.1. The third-order valence-electron chi connectivity index (χ3n) is 5.18. The molecule has 0 atom stereocenters. The summed E-state index contributed by atoms with van der Waals surface area (Å²) in [6.07, 6.45) is 7.38. The lowest BCUT2D eigenvalue weighted by molar-refractivity contribution is -0.132. The van der Waals surface area contributed by atoms with Crippen LogP contribution in [0.25, 0.3) is 0 Å². The van der Waals surface area contributed by atoms with Gasteiger partial charge in [0.05, 0.1) is 31.0 Å². The summed E-state index contributed by atoms with van der Waals surface area (Å²) in [6, 6.07) is 13.6. The zero-order valence-corrected chi connectivity index (χ0v) is 16.3. The van der Waals surface area contributed by atoms with Gasteiger partial charge in [-0.15, -0.1) is 0 Å². The number of nitrogens with one attached hydrogen (secondary N) is 1. The number of nitrogens with zero attached hydrogens (tertiary/aromatic N) is 4. The lowest BCUT2D eigenvalue weighted by Crippen LogP contribution is -2.64. The van der Waals surface area contributed by atoms with Crippen molar-refractivity contribution in [3.63, 3.8) is 0 Å². The van der Waals surface area contributed by atoms with Crippen molar-refractivity contribution in [1.82, 2.24) is 20.3 Å². The first-order valence-electron chi connectivity index (χ1n) is 9.51. The van der Waals surface area contributed by atoms with Crippen molar-refractivity contribution in [3.8, 4) is 5.75 Å². The van der Waals surface area contributed by atoms with Crippen molar-refractivity contribution in [2.45, 2.75) is 13.0 Å². The number of carbonyl (C=O) groups is 1. The molecular weight excluding hydrogens is 366 g/mol. The van der Waals surface area contributed by atoms with Crippen molar-refractivity contribution < 1.29 is 9.53 Å². The number of benzene rings is 1. The Labute approximate surface area is 169 Å². The van der Waals surface area contributed by atoms with E-state index < -0.39 is 5.41 Å². The second-order valence-corrected chi connectivity index (χ2v) is 7.23. The average Bonchev–Trinajstić information content (AvgIpc) is 2.75. The number of hydrogen-bond acceptors (Lipinski definition) is 6. The van der Waals surface area contributed by atoms with Gasteiger partial charge >= 0.3 is 0 Å². The molecule has 4 rings (SSSR count). The van der Waals surface area contributed by atoms with E-state index in [-0.39, 0.29) is 5.91 Å². The summed E-state index contributed by atoms with van der Waals surface area (Å²) in [7, 11) is 1.65. The Morgan fingerprint density at radius 2 is 2.03 bits per heavy atom. The Kier molecular flexibility index (Phi) is 5.37. The number of methoxy groups -OCH3 is 1. The number of pyridine rings is 1. The van der Waals surface area contributed by atoms with Crippen LogP contribution in [-0.2, 0) is 17.8 Å². The molecule has 0 radical (unpaired) electrons. The van der Waals surface area contributed by atoms with E-state index in [9.17, 15) is 4.79 Å². The van der Waals surface area contributed by atoms with Gasteiger partial charge in [-0.2, -0.15) is 0 Å². The molecule has 1 aromatic carbocycles. The fourth-order valence-electron chi connectivity index (χ4n) is 3.67. The van der Waals surface area contributed by atoms with E-state index in [1.54, 1.807) is 31.9 Å². The molecule has 3 heterocycles. The number of aromatic nitrogens is 3. The molecule has 0 spiro atoms. The van der Waals surface area contributed by atoms with Crippen LogP contribution in [0.4, 0.5) is 5.82 Å². The number of rotatable bonds is 7. The van der Waals surface area contributed by atoms with Crippen molar-refractivity contribution in [1.29, 1.82) is 0 Å². The molecule has 148 valence electrons. The Morgan fingerprint density at radius 1 is 1.14 bits per heavy atom. The van der Waals surface area contributed by atoms with Crippen LogP contribution < -0.4 is 15.0 Å². The van der Waals surface area contributed by atoms with Gasteiger partial charge in [-0.1, -0.05) is 18.2 Å². The Morgan fingerprint density at radius 3 is 2.76 bits per heavy atom. The highest BCUT2D eigenvalue weighted by Gasteiger charge is 2.49. The number of anilines is 1. The van der Waals surface area contributed by atoms with Crippen molar-refractivity contribution in [2.75, 3.05) is 25.1 Å². The minimum Gasteiger partial charge on any atom is -0.497 e. The molecule has 0 aliphatic carbocycles. The normalized spacial score (nSPS) is 14.7. The van der Waals surface area contributed by atoms with Crippen LogP contribution in [0.15, 0.2) is 67.3 Å². The standard InChI is InChI=1S/C22H23N5O2/c1-29-19-7-4-5-17(11-19)12-22(15-27(16-22)20-14-23-9-10-25-20)21(28)26-13-18-6-2-3-8-24-18/h2-11,14H,12-13,15-16H2,1H3,(H,26,28). The van der Waals surface area contributed by atoms with E-state index in [0.29, 0.717) is 26.1 Å². The molecule has 1 fully saturated rings. The molecule has 2 aromatic heterocycles. The summed E-state index contributed by atoms with van der Waals surface area (Å²) in [6.45, 7) is 1.57. The van der Waals surface area contributed by atoms with Gasteiger partial charge in [-0.3, -0.25) is 14.8 Å². The highest BCUT2D eigenvalue weighted by Crippen LogP contribution is 2.37. The van der Waals surface area contributed by atoms with Gasteiger partial charge in [-0.25, -0.2) is 4.98 Å². The largest absolute Gasteiger partial charge is 0.497 e. The molecule has 1 saturated heterocycles. The third-order valence-corrected chi connectivity index (χ3v) is 5.18.